The van der Waals surface area contributed by atoms with Crippen LogP contribution < -0.4 is 5.32 Å². The van der Waals surface area contributed by atoms with Gasteiger partial charge in [0.05, 0.1) is 10.5 Å². The van der Waals surface area contributed by atoms with Crippen molar-refractivity contribution >= 4 is 39.8 Å². The van der Waals surface area contributed by atoms with Crippen molar-refractivity contribution in [2.45, 2.75) is 38.4 Å². The molecule has 1 aromatic rings. The summed E-state index contributed by atoms with van der Waals surface area (Å²) in [6.45, 7) is 7.48. The second kappa shape index (κ2) is 9.21. The molecular weight excluding hydrogens is 449 g/mol. The highest BCUT2D eigenvalue weighted by Gasteiger charge is 2.40. The van der Waals surface area contributed by atoms with Crippen molar-refractivity contribution in [2.24, 2.45) is 4.99 Å². The zero-order chi connectivity index (χ0) is 17.8. The van der Waals surface area contributed by atoms with Gasteiger partial charge in [-0.15, -0.1) is 24.0 Å². The van der Waals surface area contributed by atoms with Crippen molar-refractivity contribution in [3.8, 4) is 0 Å². The van der Waals surface area contributed by atoms with E-state index in [1.165, 1.54) is 11.1 Å². The van der Waals surface area contributed by atoms with Crippen LogP contribution in [0.2, 0.25) is 0 Å². The van der Waals surface area contributed by atoms with Gasteiger partial charge in [0.2, 0.25) is 0 Å². The first-order valence-electron chi connectivity index (χ1n) is 8.55. The van der Waals surface area contributed by atoms with Crippen LogP contribution in [0.25, 0.3) is 0 Å². The fourth-order valence-corrected chi connectivity index (χ4v) is 4.28. The number of nitrogens with zero attached hydrogens (tertiary/aromatic N) is 2. The minimum atomic E-state index is -3.03. The number of nitrogens with one attached hydrogen (secondary N) is 1. The minimum Gasteiger partial charge on any atom is -0.356 e. The third-order valence-corrected chi connectivity index (χ3v) is 7.22. The Hall–Kier alpha value is -0.830. The molecule has 0 saturated carbocycles. The molecule has 7 heteroatoms. The molecule has 1 heterocycles. The largest absolute Gasteiger partial charge is 0.356 e. The summed E-state index contributed by atoms with van der Waals surface area (Å²) >= 11 is 0. The molecule has 0 spiro atoms. The summed E-state index contributed by atoms with van der Waals surface area (Å²) in [5.74, 6) is 0.960. The summed E-state index contributed by atoms with van der Waals surface area (Å²) in [5.41, 5.74) is 2.64. The Morgan fingerprint density at radius 2 is 1.84 bits per heavy atom. The number of hydrogen-bond acceptors (Lipinski definition) is 3. The number of sulfone groups is 1. The predicted molar refractivity (Wildman–Crippen MR) is 116 cm³/mol. The number of benzene rings is 1. The Bertz CT molecular complexity index is 685. The van der Waals surface area contributed by atoms with Crippen LogP contribution in [-0.2, 0) is 22.7 Å². The van der Waals surface area contributed by atoms with Gasteiger partial charge < -0.3 is 10.2 Å². The highest BCUT2D eigenvalue weighted by atomic mass is 127. The van der Waals surface area contributed by atoms with Crippen molar-refractivity contribution in [1.82, 2.24) is 10.2 Å². The van der Waals surface area contributed by atoms with Crippen molar-refractivity contribution in [2.75, 3.05) is 32.4 Å². The van der Waals surface area contributed by atoms with Gasteiger partial charge in [0.1, 0.15) is 0 Å². The molecule has 0 atom stereocenters. The molecule has 0 bridgehead atoms. The lowest BCUT2D eigenvalue weighted by Crippen LogP contribution is -2.57. The first kappa shape index (κ1) is 22.2. The lowest BCUT2D eigenvalue weighted by Gasteiger charge is -2.39. The highest BCUT2D eigenvalue weighted by molar-refractivity contribution is 14.0. The third-order valence-electron chi connectivity index (χ3n) is 4.68. The van der Waals surface area contributed by atoms with E-state index in [1.807, 2.05) is 4.90 Å². The van der Waals surface area contributed by atoms with E-state index in [9.17, 15) is 8.42 Å². The topological polar surface area (TPSA) is 61.8 Å². The molecule has 1 fully saturated rings. The summed E-state index contributed by atoms with van der Waals surface area (Å²) in [6.07, 6.45) is 1.97. The Morgan fingerprint density at radius 3 is 2.36 bits per heavy atom. The lowest BCUT2D eigenvalue weighted by atomic mass is 10.1. The smallest absolute Gasteiger partial charge is 0.193 e. The first-order chi connectivity index (χ1) is 11.3. The van der Waals surface area contributed by atoms with Gasteiger partial charge in [-0.1, -0.05) is 31.2 Å². The normalized spacial score (nSPS) is 19.2. The second-order valence-electron chi connectivity index (χ2n) is 6.89. The van der Waals surface area contributed by atoms with E-state index in [0.717, 1.165) is 25.3 Å². The van der Waals surface area contributed by atoms with Crippen LogP contribution in [-0.4, -0.2) is 56.5 Å². The van der Waals surface area contributed by atoms with Crippen LogP contribution in [0.1, 0.15) is 31.9 Å². The SMILES string of the molecule is CCc1ccc(CCNC(=NC)N2CCS(=O)(=O)C(C)(C)C2)cc1.I. The van der Waals surface area contributed by atoms with E-state index in [1.54, 1.807) is 20.9 Å². The maximum atomic E-state index is 12.1. The van der Waals surface area contributed by atoms with Crippen LogP contribution in [0.4, 0.5) is 0 Å². The molecule has 1 aromatic carbocycles. The molecule has 2 rings (SSSR count). The summed E-state index contributed by atoms with van der Waals surface area (Å²) in [4.78, 5) is 6.36. The van der Waals surface area contributed by atoms with Gasteiger partial charge in [-0.2, -0.15) is 0 Å². The number of halogens is 1. The van der Waals surface area contributed by atoms with Crippen LogP contribution in [0.15, 0.2) is 29.3 Å². The molecule has 0 radical (unpaired) electrons. The predicted octanol–water partition coefficient (Wildman–Crippen LogP) is 2.49. The molecule has 25 heavy (non-hydrogen) atoms. The summed E-state index contributed by atoms with van der Waals surface area (Å²) in [5, 5.41) is 3.36. The van der Waals surface area contributed by atoms with Crippen molar-refractivity contribution in [3.63, 3.8) is 0 Å². The van der Waals surface area contributed by atoms with Gasteiger partial charge in [0, 0.05) is 26.7 Å². The monoisotopic (exact) mass is 479 g/mol. The summed E-state index contributed by atoms with van der Waals surface area (Å²) in [6, 6.07) is 8.67. The van der Waals surface area contributed by atoms with E-state index in [-0.39, 0.29) is 29.7 Å². The average Bonchev–Trinajstić information content (AvgIpc) is 2.55. The van der Waals surface area contributed by atoms with Crippen molar-refractivity contribution in [3.05, 3.63) is 35.4 Å². The van der Waals surface area contributed by atoms with E-state index in [4.69, 9.17) is 0 Å². The van der Waals surface area contributed by atoms with Crippen LogP contribution in [0.5, 0.6) is 0 Å². The molecule has 0 aromatic heterocycles. The molecule has 1 aliphatic rings. The van der Waals surface area contributed by atoms with E-state index >= 15 is 0 Å². The highest BCUT2D eigenvalue weighted by Crippen LogP contribution is 2.23. The molecule has 0 aliphatic carbocycles. The maximum absolute atomic E-state index is 12.1. The Labute approximate surface area is 169 Å². The Balaban J connectivity index is 0.00000312. The molecule has 1 N–H and O–H groups in total. The average molecular weight is 479 g/mol. The number of aryl methyl sites for hydroxylation is 1. The van der Waals surface area contributed by atoms with Gasteiger partial charge in [-0.05, 0) is 37.8 Å². The van der Waals surface area contributed by atoms with Gasteiger partial charge in [0.15, 0.2) is 15.8 Å². The molecule has 1 saturated heterocycles. The fourth-order valence-electron chi connectivity index (χ4n) is 2.92. The van der Waals surface area contributed by atoms with Crippen LogP contribution in [0.3, 0.4) is 0 Å². The van der Waals surface area contributed by atoms with E-state index in [2.05, 4.69) is 41.5 Å². The fraction of sp³-hybridized carbons (Fsp3) is 0.611. The number of aliphatic imine (C=N–C) groups is 1. The third kappa shape index (κ3) is 5.57. The molecule has 142 valence electrons. The lowest BCUT2D eigenvalue weighted by molar-refractivity contribution is 0.353. The minimum absolute atomic E-state index is 0. The maximum Gasteiger partial charge on any atom is 0.193 e. The van der Waals surface area contributed by atoms with Crippen LogP contribution in [0, 0.1) is 0 Å². The molecular formula is C18H30IN3O2S. The zero-order valence-corrected chi connectivity index (χ0v) is 18.7. The number of hydrogen-bond donors (Lipinski definition) is 1. The van der Waals surface area contributed by atoms with Gasteiger partial charge in [0.25, 0.3) is 0 Å². The van der Waals surface area contributed by atoms with Gasteiger partial charge >= 0.3 is 0 Å². The molecule has 5 nitrogen and oxygen atoms in total. The van der Waals surface area contributed by atoms with Gasteiger partial charge in [-0.25, -0.2) is 8.42 Å². The van der Waals surface area contributed by atoms with E-state index in [0.29, 0.717) is 13.1 Å². The van der Waals surface area contributed by atoms with E-state index < -0.39 is 14.6 Å². The van der Waals surface area contributed by atoms with Crippen molar-refractivity contribution < 1.29 is 8.42 Å². The first-order valence-corrected chi connectivity index (χ1v) is 10.2. The number of guanidine groups is 1. The Kier molecular flexibility index (Phi) is 8.18. The number of rotatable bonds is 4. The zero-order valence-electron chi connectivity index (χ0n) is 15.6. The second-order valence-corrected chi connectivity index (χ2v) is 9.64. The van der Waals surface area contributed by atoms with Gasteiger partial charge in [-0.3, -0.25) is 4.99 Å². The Morgan fingerprint density at radius 1 is 1.24 bits per heavy atom. The van der Waals surface area contributed by atoms with Crippen molar-refractivity contribution in [1.29, 1.82) is 0 Å². The molecule has 1 aliphatic heterocycles. The summed E-state index contributed by atoms with van der Waals surface area (Å²) in [7, 11) is -1.29. The standard InChI is InChI=1S/C18H29N3O2S.HI/c1-5-15-6-8-16(9-7-15)10-11-20-17(19-4)21-12-13-24(22,23)18(2,3)14-21;/h6-9H,5,10-14H2,1-4H3,(H,19,20);1H. The molecule has 0 unspecified atom stereocenters. The summed E-state index contributed by atoms with van der Waals surface area (Å²) < 4.78 is 23.5. The quantitative estimate of drug-likeness (QED) is 0.410. The van der Waals surface area contributed by atoms with Crippen LogP contribution >= 0.6 is 24.0 Å². The molecule has 0 amide bonds.